The van der Waals surface area contributed by atoms with Gasteiger partial charge in [0.05, 0.1) is 29.9 Å². The number of methoxy groups -OCH3 is 1. The van der Waals surface area contributed by atoms with E-state index in [4.69, 9.17) is 27.9 Å². The summed E-state index contributed by atoms with van der Waals surface area (Å²) < 4.78 is 5.31. The third kappa shape index (κ3) is 5.59. The zero-order valence-corrected chi connectivity index (χ0v) is 20.9. The number of hydrogen-bond acceptors (Lipinski definition) is 5. The van der Waals surface area contributed by atoms with E-state index in [0.29, 0.717) is 28.5 Å². The Balaban J connectivity index is 1.29. The molecular weight excluding hydrogens is 475 g/mol. The van der Waals surface area contributed by atoms with Crippen molar-refractivity contribution in [1.82, 2.24) is 15.5 Å². The Morgan fingerprint density at radius 3 is 2.38 bits per heavy atom. The van der Waals surface area contributed by atoms with E-state index in [2.05, 4.69) is 33.0 Å². The third-order valence-corrected chi connectivity index (χ3v) is 7.31. The van der Waals surface area contributed by atoms with Gasteiger partial charge in [-0.15, -0.1) is 0 Å². The second-order valence-corrected chi connectivity index (χ2v) is 9.73. The van der Waals surface area contributed by atoms with Gasteiger partial charge in [0.1, 0.15) is 5.75 Å². The molecule has 9 heteroatoms. The van der Waals surface area contributed by atoms with E-state index in [1.165, 1.54) is 18.7 Å². The van der Waals surface area contributed by atoms with Gasteiger partial charge < -0.3 is 20.7 Å². The minimum Gasteiger partial charge on any atom is -0.496 e. The number of hydrogen-bond donors (Lipinski definition) is 3. The molecule has 34 heavy (non-hydrogen) atoms. The second kappa shape index (κ2) is 10.8. The van der Waals surface area contributed by atoms with Crippen molar-refractivity contribution < 1.29 is 14.3 Å². The molecule has 2 aliphatic heterocycles. The van der Waals surface area contributed by atoms with E-state index >= 15 is 0 Å². The predicted octanol–water partition coefficient (Wildman–Crippen LogP) is 4.09. The van der Waals surface area contributed by atoms with Gasteiger partial charge in [0.2, 0.25) is 5.91 Å². The van der Waals surface area contributed by atoms with Crippen molar-refractivity contribution >= 4 is 40.7 Å². The van der Waals surface area contributed by atoms with Crippen LogP contribution in [0.1, 0.15) is 41.6 Å². The maximum absolute atomic E-state index is 12.7. The number of anilines is 1. The number of ether oxygens (including phenoxy) is 1. The number of fused-ring (bicyclic) bond motifs is 2. The lowest BCUT2D eigenvalue weighted by Gasteiger charge is -2.39. The fourth-order valence-corrected chi connectivity index (χ4v) is 5.46. The van der Waals surface area contributed by atoms with Gasteiger partial charge in [0.25, 0.3) is 5.91 Å². The molecule has 0 spiro atoms. The van der Waals surface area contributed by atoms with Gasteiger partial charge in [-0.1, -0.05) is 35.3 Å². The summed E-state index contributed by atoms with van der Waals surface area (Å²) in [6.07, 6.45) is 4.12. The molecule has 2 heterocycles. The number of piperidine rings is 1. The molecule has 2 saturated heterocycles. The highest BCUT2D eigenvalue weighted by molar-refractivity contribution is 6.33. The predicted molar refractivity (Wildman–Crippen MR) is 135 cm³/mol. The van der Waals surface area contributed by atoms with Crippen LogP contribution >= 0.6 is 23.2 Å². The normalized spacial score (nSPS) is 21.7. The number of halogens is 2. The van der Waals surface area contributed by atoms with Crippen molar-refractivity contribution in [2.24, 2.45) is 0 Å². The molecular formula is C25H30Cl2N4O3. The average Bonchev–Trinajstić information content (AvgIpc) is 3.05. The van der Waals surface area contributed by atoms with E-state index in [-0.39, 0.29) is 24.1 Å². The number of nitrogens with one attached hydrogen (secondary N) is 3. The van der Waals surface area contributed by atoms with Crippen LogP contribution in [-0.4, -0.2) is 55.5 Å². The third-order valence-electron chi connectivity index (χ3n) is 6.74. The van der Waals surface area contributed by atoms with Gasteiger partial charge in [0.15, 0.2) is 0 Å². The Morgan fingerprint density at radius 1 is 1.09 bits per heavy atom. The molecule has 0 radical (unpaired) electrons. The molecule has 2 aromatic carbocycles. The maximum atomic E-state index is 12.7. The second-order valence-electron chi connectivity index (χ2n) is 8.88. The van der Waals surface area contributed by atoms with E-state index in [1.807, 2.05) is 12.1 Å². The van der Waals surface area contributed by atoms with E-state index in [9.17, 15) is 9.59 Å². The topological polar surface area (TPSA) is 82.7 Å². The van der Waals surface area contributed by atoms with Crippen LogP contribution in [0.2, 0.25) is 10.0 Å². The fourth-order valence-electron chi connectivity index (χ4n) is 5.08. The molecule has 3 N–H and O–H groups in total. The lowest BCUT2D eigenvalue weighted by molar-refractivity contribution is -0.121. The summed E-state index contributed by atoms with van der Waals surface area (Å²) >= 11 is 12.2. The molecule has 2 aliphatic rings. The summed E-state index contributed by atoms with van der Waals surface area (Å²) in [5.74, 6) is -0.216. The molecule has 2 fully saturated rings. The average molecular weight is 505 g/mol. The van der Waals surface area contributed by atoms with Crippen molar-refractivity contribution in [3.63, 3.8) is 0 Å². The maximum Gasteiger partial charge on any atom is 0.255 e. The van der Waals surface area contributed by atoms with Gasteiger partial charge >= 0.3 is 0 Å². The molecule has 2 unspecified atom stereocenters. The molecule has 4 rings (SSSR count). The van der Waals surface area contributed by atoms with Crippen LogP contribution in [0.25, 0.3) is 0 Å². The lowest BCUT2D eigenvalue weighted by atomic mass is 9.96. The van der Waals surface area contributed by atoms with Crippen LogP contribution in [0, 0.1) is 0 Å². The van der Waals surface area contributed by atoms with Gasteiger partial charge in [-0.3, -0.25) is 14.5 Å². The first-order valence-electron chi connectivity index (χ1n) is 11.5. The molecule has 0 aromatic heterocycles. The fraction of sp³-hybridized carbons (Fsp3) is 0.440. The molecule has 2 aromatic rings. The first-order chi connectivity index (χ1) is 16.4. The molecule has 2 amide bonds. The number of rotatable bonds is 8. The van der Waals surface area contributed by atoms with Gasteiger partial charge in [-0.2, -0.15) is 0 Å². The van der Waals surface area contributed by atoms with E-state index < -0.39 is 5.91 Å². The highest BCUT2D eigenvalue weighted by Gasteiger charge is 2.40. The summed E-state index contributed by atoms with van der Waals surface area (Å²) in [4.78, 5) is 27.8. The van der Waals surface area contributed by atoms with Crippen molar-refractivity contribution in [3.05, 3.63) is 57.6 Å². The quantitative estimate of drug-likeness (QED) is 0.504. The Bertz CT molecular complexity index is 1030. The van der Waals surface area contributed by atoms with Gasteiger partial charge in [-0.25, -0.2) is 0 Å². The van der Waals surface area contributed by atoms with Crippen molar-refractivity contribution in [2.75, 3.05) is 26.0 Å². The Hall–Kier alpha value is -2.48. The van der Waals surface area contributed by atoms with E-state index in [1.54, 1.807) is 13.1 Å². The van der Waals surface area contributed by atoms with E-state index in [0.717, 1.165) is 37.3 Å². The number of amides is 2. The van der Waals surface area contributed by atoms with Crippen LogP contribution in [0.15, 0.2) is 36.4 Å². The van der Waals surface area contributed by atoms with Gasteiger partial charge in [0, 0.05) is 42.8 Å². The minimum absolute atomic E-state index is 0.103. The van der Waals surface area contributed by atoms with Crippen LogP contribution in [-0.2, 0) is 11.3 Å². The van der Waals surface area contributed by atoms with Crippen LogP contribution < -0.4 is 20.7 Å². The summed E-state index contributed by atoms with van der Waals surface area (Å²) in [6, 6.07) is 12.2. The first-order valence-corrected chi connectivity index (χ1v) is 12.3. The number of carbonyl (C=O) groups excluding carboxylic acids is 2. The largest absolute Gasteiger partial charge is 0.496 e. The van der Waals surface area contributed by atoms with Crippen LogP contribution in [0.5, 0.6) is 5.75 Å². The SMILES string of the molecule is CNc1cc(OC)c(C(=O)NCC(=O)NC2CC3CCC(C2)N3Cc2ccc(Cl)cc2)cc1Cl. The summed E-state index contributed by atoms with van der Waals surface area (Å²) in [5, 5.41) is 9.89. The number of carbonyl (C=O) groups is 2. The molecule has 2 atom stereocenters. The van der Waals surface area contributed by atoms with Crippen molar-refractivity contribution in [3.8, 4) is 5.75 Å². The zero-order valence-electron chi connectivity index (χ0n) is 19.4. The standard InChI is InChI=1S/C25H30Cl2N4O3/c1-28-22-12-23(34-2)20(11-21(22)27)25(33)29-13-24(32)30-17-9-18-7-8-19(10-17)31(18)14-15-3-5-16(26)6-4-15/h3-6,11-12,17-19,28H,7-10,13-14H2,1-2H3,(H,29,33)(H,30,32). The molecule has 7 nitrogen and oxygen atoms in total. The molecule has 182 valence electrons. The smallest absolute Gasteiger partial charge is 0.255 e. The first kappa shape index (κ1) is 24.6. The summed E-state index contributed by atoms with van der Waals surface area (Å²) in [6.45, 7) is 0.799. The summed E-state index contributed by atoms with van der Waals surface area (Å²) in [5.41, 5.74) is 2.20. The lowest BCUT2D eigenvalue weighted by Crippen LogP contribution is -2.51. The monoisotopic (exact) mass is 504 g/mol. The molecule has 0 saturated carbocycles. The minimum atomic E-state index is -0.408. The molecule has 0 aliphatic carbocycles. The zero-order chi connectivity index (χ0) is 24.2. The Labute approximate surface area is 210 Å². The molecule has 2 bridgehead atoms. The van der Waals surface area contributed by atoms with Crippen LogP contribution in [0.3, 0.4) is 0 Å². The van der Waals surface area contributed by atoms with Crippen LogP contribution in [0.4, 0.5) is 5.69 Å². The highest BCUT2D eigenvalue weighted by atomic mass is 35.5. The van der Waals surface area contributed by atoms with Gasteiger partial charge in [-0.05, 0) is 49.4 Å². The van der Waals surface area contributed by atoms with Crippen molar-refractivity contribution in [1.29, 1.82) is 0 Å². The Kier molecular flexibility index (Phi) is 7.86. The van der Waals surface area contributed by atoms with Crippen molar-refractivity contribution in [2.45, 2.75) is 50.4 Å². The Morgan fingerprint density at radius 2 is 1.76 bits per heavy atom. The summed E-state index contributed by atoms with van der Waals surface area (Å²) in [7, 11) is 3.22. The highest BCUT2D eigenvalue weighted by Crippen LogP contribution is 2.37. The number of nitrogens with zero attached hydrogens (tertiary/aromatic N) is 1. The number of benzene rings is 2.